The van der Waals surface area contributed by atoms with Gasteiger partial charge in [-0.25, -0.2) is 0 Å². The van der Waals surface area contributed by atoms with E-state index in [1.807, 2.05) is 48.1 Å². The minimum Gasteiger partial charge on any atom is -0.353 e. The Bertz CT molecular complexity index is 938. The summed E-state index contributed by atoms with van der Waals surface area (Å²) in [4.78, 5) is 14.7. The molecule has 6 heteroatoms. The highest BCUT2D eigenvalue weighted by Gasteiger charge is 2.31. The van der Waals surface area contributed by atoms with E-state index in [0.717, 1.165) is 28.7 Å². The minimum atomic E-state index is -0.203. The SMILES string of the molecule is Cn1nc(CN2CCNC(=O)[C@H]2Cc2ccccc2)c2c(Cl)cccc21. The lowest BCUT2D eigenvalue weighted by molar-refractivity contribution is -0.129. The molecule has 1 aromatic heterocycles. The number of nitrogens with zero attached hydrogens (tertiary/aromatic N) is 3. The van der Waals surface area contributed by atoms with Crippen LogP contribution in [0.3, 0.4) is 0 Å². The van der Waals surface area contributed by atoms with Crippen molar-refractivity contribution >= 4 is 28.4 Å². The van der Waals surface area contributed by atoms with Crippen LogP contribution in [0.1, 0.15) is 11.3 Å². The van der Waals surface area contributed by atoms with Crippen LogP contribution in [0.25, 0.3) is 10.9 Å². The molecule has 0 bridgehead atoms. The van der Waals surface area contributed by atoms with Crippen LogP contribution >= 0.6 is 11.6 Å². The van der Waals surface area contributed by atoms with E-state index < -0.39 is 0 Å². The van der Waals surface area contributed by atoms with E-state index in [-0.39, 0.29) is 11.9 Å². The molecule has 0 aliphatic carbocycles. The zero-order chi connectivity index (χ0) is 18.1. The van der Waals surface area contributed by atoms with Crippen LogP contribution in [-0.4, -0.2) is 39.7 Å². The van der Waals surface area contributed by atoms with Gasteiger partial charge in [-0.05, 0) is 24.1 Å². The summed E-state index contributed by atoms with van der Waals surface area (Å²) in [6, 6.07) is 15.8. The van der Waals surface area contributed by atoms with Gasteiger partial charge in [-0.2, -0.15) is 5.10 Å². The van der Waals surface area contributed by atoms with Gasteiger partial charge in [-0.1, -0.05) is 48.0 Å². The van der Waals surface area contributed by atoms with E-state index in [9.17, 15) is 4.79 Å². The molecule has 5 nitrogen and oxygen atoms in total. The summed E-state index contributed by atoms with van der Waals surface area (Å²) in [5.74, 6) is 0.0754. The maximum atomic E-state index is 12.5. The van der Waals surface area contributed by atoms with Crippen molar-refractivity contribution in [2.75, 3.05) is 13.1 Å². The molecule has 2 heterocycles. The van der Waals surface area contributed by atoms with Crippen LogP contribution in [0.5, 0.6) is 0 Å². The van der Waals surface area contributed by atoms with Gasteiger partial charge >= 0.3 is 0 Å². The van der Waals surface area contributed by atoms with E-state index in [1.54, 1.807) is 0 Å². The third kappa shape index (κ3) is 3.20. The Hall–Kier alpha value is -2.37. The van der Waals surface area contributed by atoms with E-state index in [1.165, 1.54) is 0 Å². The highest BCUT2D eigenvalue weighted by Crippen LogP contribution is 2.28. The fourth-order valence-electron chi connectivity index (χ4n) is 3.67. The normalized spacial score (nSPS) is 18.2. The van der Waals surface area contributed by atoms with Crippen molar-refractivity contribution < 1.29 is 4.79 Å². The summed E-state index contributed by atoms with van der Waals surface area (Å²) in [5.41, 5.74) is 3.08. The number of aryl methyl sites for hydroxylation is 1. The number of benzene rings is 2. The lowest BCUT2D eigenvalue weighted by Crippen LogP contribution is -2.55. The van der Waals surface area contributed by atoms with Gasteiger partial charge in [-0.15, -0.1) is 0 Å². The van der Waals surface area contributed by atoms with E-state index >= 15 is 0 Å². The number of aromatic nitrogens is 2. The zero-order valence-electron chi connectivity index (χ0n) is 14.7. The van der Waals surface area contributed by atoms with Crippen LogP contribution in [0, 0.1) is 0 Å². The van der Waals surface area contributed by atoms with Gasteiger partial charge in [0, 0.05) is 32.1 Å². The molecule has 26 heavy (non-hydrogen) atoms. The standard InChI is InChI=1S/C20H21ClN4O/c1-24-17-9-5-8-15(21)19(17)16(23-24)13-25-11-10-22-20(26)18(25)12-14-6-3-2-4-7-14/h2-9,18H,10-13H2,1H3,(H,22,26)/t18-/m1/s1. The van der Waals surface area contributed by atoms with Gasteiger partial charge in [-0.3, -0.25) is 14.4 Å². The molecule has 0 radical (unpaired) electrons. The molecule has 134 valence electrons. The molecule has 1 atom stereocenters. The number of nitrogens with one attached hydrogen (secondary N) is 1. The number of fused-ring (bicyclic) bond motifs is 1. The highest BCUT2D eigenvalue weighted by atomic mass is 35.5. The van der Waals surface area contributed by atoms with Crippen molar-refractivity contribution in [1.82, 2.24) is 20.0 Å². The third-order valence-corrected chi connectivity index (χ3v) is 5.28. The predicted molar refractivity (Wildman–Crippen MR) is 103 cm³/mol. The number of halogens is 1. The van der Waals surface area contributed by atoms with Gasteiger partial charge in [0.1, 0.15) is 0 Å². The van der Waals surface area contributed by atoms with Crippen LogP contribution in [0.15, 0.2) is 48.5 Å². The van der Waals surface area contributed by atoms with Crippen molar-refractivity contribution in [3.8, 4) is 0 Å². The first-order valence-corrected chi connectivity index (χ1v) is 9.17. The molecule has 0 unspecified atom stereocenters. The molecule has 1 N–H and O–H groups in total. The highest BCUT2D eigenvalue weighted by molar-refractivity contribution is 6.35. The van der Waals surface area contributed by atoms with Crippen LogP contribution in [0.2, 0.25) is 5.02 Å². The van der Waals surface area contributed by atoms with Crippen molar-refractivity contribution in [2.24, 2.45) is 7.05 Å². The average molecular weight is 369 g/mol. The lowest BCUT2D eigenvalue weighted by Gasteiger charge is -2.34. The maximum Gasteiger partial charge on any atom is 0.237 e. The quantitative estimate of drug-likeness (QED) is 0.770. The van der Waals surface area contributed by atoms with E-state index in [0.29, 0.717) is 24.5 Å². The zero-order valence-corrected chi connectivity index (χ0v) is 15.4. The molecule has 1 amide bonds. The van der Waals surface area contributed by atoms with Crippen molar-refractivity contribution in [3.05, 3.63) is 64.8 Å². The average Bonchev–Trinajstić information content (AvgIpc) is 2.96. The van der Waals surface area contributed by atoms with Crippen LogP contribution in [-0.2, 0) is 24.8 Å². The molecule has 0 spiro atoms. The molecule has 1 aliphatic rings. The molecule has 1 saturated heterocycles. The van der Waals surface area contributed by atoms with Gasteiger partial charge < -0.3 is 5.32 Å². The molecule has 4 rings (SSSR count). The summed E-state index contributed by atoms with van der Waals surface area (Å²) < 4.78 is 1.85. The topological polar surface area (TPSA) is 50.2 Å². The smallest absolute Gasteiger partial charge is 0.237 e. The van der Waals surface area contributed by atoms with Crippen LogP contribution in [0.4, 0.5) is 0 Å². The van der Waals surface area contributed by atoms with Gasteiger partial charge in [0.15, 0.2) is 0 Å². The monoisotopic (exact) mass is 368 g/mol. The Morgan fingerprint density at radius 1 is 1.19 bits per heavy atom. The molecule has 3 aromatic rings. The van der Waals surface area contributed by atoms with Crippen LogP contribution < -0.4 is 5.32 Å². The molecule has 2 aromatic carbocycles. The van der Waals surface area contributed by atoms with Gasteiger partial charge in [0.05, 0.1) is 22.3 Å². The fraction of sp³-hybridized carbons (Fsp3) is 0.300. The summed E-state index contributed by atoms with van der Waals surface area (Å²) in [6.07, 6.45) is 0.686. The van der Waals surface area contributed by atoms with Crippen molar-refractivity contribution in [3.63, 3.8) is 0 Å². The Balaban J connectivity index is 1.64. The number of rotatable bonds is 4. The second kappa shape index (κ2) is 7.09. The number of amides is 1. The first kappa shape index (κ1) is 17.1. The third-order valence-electron chi connectivity index (χ3n) is 4.97. The molecule has 1 fully saturated rings. The van der Waals surface area contributed by atoms with Gasteiger partial charge in [0.25, 0.3) is 0 Å². The maximum absolute atomic E-state index is 12.5. The van der Waals surface area contributed by atoms with Crippen molar-refractivity contribution in [1.29, 1.82) is 0 Å². The summed E-state index contributed by atoms with van der Waals surface area (Å²) in [7, 11) is 1.92. The number of piperazine rings is 1. The largest absolute Gasteiger partial charge is 0.353 e. The Kier molecular flexibility index (Phi) is 4.66. The predicted octanol–water partition coefficient (Wildman–Crippen LogP) is 2.77. The van der Waals surface area contributed by atoms with E-state index in [4.69, 9.17) is 11.6 Å². The Morgan fingerprint density at radius 3 is 2.81 bits per heavy atom. The summed E-state index contributed by atoms with van der Waals surface area (Å²) in [5, 5.41) is 9.33. The van der Waals surface area contributed by atoms with E-state index in [2.05, 4.69) is 27.4 Å². The Labute approximate surface area is 157 Å². The molecular weight excluding hydrogens is 348 g/mol. The number of carbonyl (C=O) groups excluding carboxylic acids is 1. The first-order valence-electron chi connectivity index (χ1n) is 8.79. The fourth-order valence-corrected chi connectivity index (χ4v) is 3.95. The first-order chi connectivity index (χ1) is 12.6. The molecule has 1 aliphatic heterocycles. The molecule has 0 saturated carbocycles. The van der Waals surface area contributed by atoms with Gasteiger partial charge in [0.2, 0.25) is 5.91 Å². The Morgan fingerprint density at radius 2 is 2.00 bits per heavy atom. The summed E-state index contributed by atoms with van der Waals surface area (Å²) in [6.45, 7) is 2.06. The lowest BCUT2D eigenvalue weighted by atomic mass is 10.0. The minimum absolute atomic E-state index is 0.0754. The molecular formula is C20H21ClN4O. The second-order valence-corrected chi connectivity index (χ2v) is 7.08. The van der Waals surface area contributed by atoms with Crippen molar-refractivity contribution in [2.45, 2.75) is 19.0 Å². The summed E-state index contributed by atoms with van der Waals surface area (Å²) >= 11 is 6.44. The number of carbonyl (C=O) groups is 1. The number of hydrogen-bond donors (Lipinski definition) is 1. The number of hydrogen-bond acceptors (Lipinski definition) is 3. The second-order valence-electron chi connectivity index (χ2n) is 6.67.